The van der Waals surface area contributed by atoms with Crippen LogP contribution in [0, 0.1) is 0 Å². The number of pyridine rings is 1. The number of benzene rings is 1. The third-order valence-electron chi connectivity index (χ3n) is 3.32. The molecule has 1 aromatic heterocycles. The first kappa shape index (κ1) is 10.5. The molecule has 0 saturated carbocycles. The van der Waals surface area contributed by atoms with E-state index < -0.39 is 0 Å². The first-order chi connectivity index (χ1) is 8.36. The molecule has 1 aliphatic rings. The summed E-state index contributed by atoms with van der Waals surface area (Å²) in [4.78, 5) is 4.72. The molecule has 1 aromatic carbocycles. The van der Waals surface area contributed by atoms with Gasteiger partial charge in [0, 0.05) is 23.6 Å². The SMILES string of the molecule is C=Cc1ccc2nc(C3CCOC3)ccc2c1. The Labute approximate surface area is 101 Å². The van der Waals surface area contributed by atoms with Crippen LogP contribution in [0.1, 0.15) is 23.6 Å². The second-order valence-electron chi connectivity index (χ2n) is 4.45. The van der Waals surface area contributed by atoms with E-state index in [0.717, 1.165) is 36.4 Å². The van der Waals surface area contributed by atoms with Gasteiger partial charge in [0.2, 0.25) is 0 Å². The van der Waals surface area contributed by atoms with Gasteiger partial charge in [-0.15, -0.1) is 0 Å². The number of ether oxygens (including phenoxy) is 1. The number of rotatable bonds is 2. The zero-order chi connectivity index (χ0) is 11.7. The molecule has 2 nitrogen and oxygen atoms in total. The lowest BCUT2D eigenvalue weighted by molar-refractivity contribution is 0.193. The van der Waals surface area contributed by atoms with Crippen molar-refractivity contribution < 1.29 is 4.74 Å². The fraction of sp³-hybridized carbons (Fsp3) is 0.267. The number of fused-ring (bicyclic) bond motifs is 1. The molecule has 1 fully saturated rings. The van der Waals surface area contributed by atoms with E-state index in [-0.39, 0.29) is 0 Å². The van der Waals surface area contributed by atoms with Crippen LogP contribution in [0.3, 0.4) is 0 Å². The normalized spacial score (nSPS) is 19.6. The maximum Gasteiger partial charge on any atom is 0.0705 e. The van der Waals surface area contributed by atoms with Gasteiger partial charge in [0.05, 0.1) is 12.1 Å². The van der Waals surface area contributed by atoms with Gasteiger partial charge in [0.25, 0.3) is 0 Å². The maximum atomic E-state index is 5.41. The molecule has 1 aliphatic heterocycles. The molecule has 0 spiro atoms. The van der Waals surface area contributed by atoms with Crippen molar-refractivity contribution in [2.45, 2.75) is 12.3 Å². The van der Waals surface area contributed by atoms with Gasteiger partial charge < -0.3 is 4.74 Å². The van der Waals surface area contributed by atoms with Crippen molar-refractivity contribution in [2.75, 3.05) is 13.2 Å². The quantitative estimate of drug-likeness (QED) is 0.781. The summed E-state index contributed by atoms with van der Waals surface area (Å²) in [6.45, 7) is 5.45. The highest BCUT2D eigenvalue weighted by Crippen LogP contribution is 2.25. The van der Waals surface area contributed by atoms with Gasteiger partial charge in [-0.3, -0.25) is 4.98 Å². The summed E-state index contributed by atoms with van der Waals surface area (Å²) in [7, 11) is 0. The average molecular weight is 225 g/mol. The van der Waals surface area contributed by atoms with Crippen LogP contribution in [0.4, 0.5) is 0 Å². The molecule has 0 radical (unpaired) electrons. The summed E-state index contributed by atoms with van der Waals surface area (Å²) >= 11 is 0. The fourth-order valence-electron chi connectivity index (χ4n) is 2.28. The minimum atomic E-state index is 0.471. The van der Waals surface area contributed by atoms with Gasteiger partial charge in [-0.25, -0.2) is 0 Å². The number of hydrogen-bond donors (Lipinski definition) is 0. The third-order valence-corrected chi connectivity index (χ3v) is 3.32. The van der Waals surface area contributed by atoms with E-state index in [1.165, 1.54) is 5.39 Å². The number of nitrogens with zero attached hydrogens (tertiary/aromatic N) is 1. The van der Waals surface area contributed by atoms with Crippen molar-refractivity contribution in [3.05, 3.63) is 48.2 Å². The smallest absolute Gasteiger partial charge is 0.0705 e. The maximum absolute atomic E-state index is 5.41. The summed E-state index contributed by atoms with van der Waals surface area (Å²) in [5.41, 5.74) is 3.35. The Morgan fingerprint density at radius 1 is 1.29 bits per heavy atom. The standard InChI is InChI=1S/C15H15NO/c1-2-11-3-5-14-12(9-11)4-6-15(16-14)13-7-8-17-10-13/h2-6,9,13H,1,7-8,10H2. The van der Waals surface area contributed by atoms with Gasteiger partial charge in [0.15, 0.2) is 0 Å². The number of aromatic nitrogens is 1. The van der Waals surface area contributed by atoms with Crippen molar-refractivity contribution in [2.24, 2.45) is 0 Å². The Bertz CT molecular complexity index is 556. The second kappa shape index (κ2) is 4.30. The Hall–Kier alpha value is -1.67. The molecule has 1 atom stereocenters. The molecule has 2 heteroatoms. The lowest BCUT2D eigenvalue weighted by Gasteiger charge is -2.08. The Balaban J connectivity index is 2.03. The molecule has 86 valence electrons. The van der Waals surface area contributed by atoms with Crippen molar-refractivity contribution in [3.8, 4) is 0 Å². The van der Waals surface area contributed by atoms with Gasteiger partial charge in [-0.2, -0.15) is 0 Å². The van der Waals surface area contributed by atoms with Crippen LogP contribution in [0.25, 0.3) is 17.0 Å². The van der Waals surface area contributed by atoms with Gasteiger partial charge >= 0.3 is 0 Å². The van der Waals surface area contributed by atoms with Crippen molar-refractivity contribution in [1.82, 2.24) is 4.98 Å². The van der Waals surface area contributed by atoms with Crippen molar-refractivity contribution in [1.29, 1.82) is 0 Å². The van der Waals surface area contributed by atoms with Crippen LogP contribution in [0.2, 0.25) is 0 Å². The molecule has 0 N–H and O–H groups in total. The molecule has 1 saturated heterocycles. The molecular formula is C15H15NO. The van der Waals surface area contributed by atoms with E-state index in [0.29, 0.717) is 5.92 Å². The minimum absolute atomic E-state index is 0.471. The molecule has 0 bridgehead atoms. The predicted octanol–water partition coefficient (Wildman–Crippen LogP) is 3.38. The van der Waals surface area contributed by atoms with E-state index in [9.17, 15) is 0 Å². The molecule has 2 heterocycles. The molecule has 0 aliphatic carbocycles. The lowest BCUT2D eigenvalue weighted by atomic mass is 10.0. The van der Waals surface area contributed by atoms with Crippen LogP contribution in [-0.4, -0.2) is 18.2 Å². The van der Waals surface area contributed by atoms with E-state index in [4.69, 9.17) is 9.72 Å². The average Bonchev–Trinajstić information content (AvgIpc) is 2.91. The summed E-state index contributed by atoms with van der Waals surface area (Å²) in [6.07, 6.45) is 2.95. The molecular weight excluding hydrogens is 210 g/mol. The Morgan fingerprint density at radius 2 is 2.24 bits per heavy atom. The van der Waals surface area contributed by atoms with Crippen molar-refractivity contribution >= 4 is 17.0 Å². The fourth-order valence-corrected chi connectivity index (χ4v) is 2.28. The van der Waals surface area contributed by atoms with Crippen LogP contribution in [0.15, 0.2) is 36.9 Å². The molecule has 0 amide bonds. The zero-order valence-corrected chi connectivity index (χ0v) is 9.73. The largest absolute Gasteiger partial charge is 0.381 e. The monoisotopic (exact) mass is 225 g/mol. The number of hydrogen-bond acceptors (Lipinski definition) is 2. The molecule has 17 heavy (non-hydrogen) atoms. The molecule has 3 rings (SSSR count). The first-order valence-electron chi connectivity index (χ1n) is 5.98. The van der Waals surface area contributed by atoms with Crippen LogP contribution in [0.5, 0.6) is 0 Å². The van der Waals surface area contributed by atoms with Crippen molar-refractivity contribution in [3.63, 3.8) is 0 Å². The topological polar surface area (TPSA) is 22.1 Å². The van der Waals surface area contributed by atoms with Gasteiger partial charge in [0.1, 0.15) is 0 Å². The highest BCUT2D eigenvalue weighted by Gasteiger charge is 2.18. The minimum Gasteiger partial charge on any atom is -0.381 e. The van der Waals surface area contributed by atoms with Crippen LogP contribution >= 0.6 is 0 Å². The van der Waals surface area contributed by atoms with Crippen LogP contribution in [-0.2, 0) is 4.74 Å². The van der Waals surface area contributed by atoms with E-state index in [1.54, 1.807) is 0 Å². The van der Waals surface area contributed by atoms with Gasteiger partial charge in [-0.1, -0.05) is 24.8 Å². The predicted molar refractivity (Wildman–Crippen MR) is 70.0 cm³/mol. The second-order valence-corrected chi connectivity index (χ2v) is 4.45. The molecule has 1 unspecified atom stereocenters. The summed E-state index contributed by atoms with van der Waals surface area (Å²) in [6, 6.07) is 10.5. The summed E-state index contributed by atoms with van der Waals surface area (Å²) < 4.78 is 5.41. The Kier molecular flexibility index (Phi) is 2.65. The third kappa shape index (κ3) is 1.96. The Morgan fingerprint density at radius 3 is 3.00 bits per heavy atom. The molecule has 2 aromatic rings. The highest BCUT2D eigenvalue weighted by molar-refractivity contribution is 5.81. The zero-order valence-electron chi connectivity index (χ0n) is 9.73. The van der Waals surface area contributed by atoms with Crippen LogP contribution < -0.4 is 0 Å². The summed E-state index contributed by atoms with van der Waals surface area (Å²) in [5, 5.41) is 1.17. The van der Waals surface area contributed by atoms with E-state index in [1.807, 2.05) is 6.08 Å². The first-order valence-corrected chi connectivity index (χ1v) is 5.98. The van der Waals surface area contributed by atoms with Gasteiger partial charge in [-0.05, 0) is 30.2 Å². The van der Waals surface area contributed by atoms with E-state index >= 15 is 0 Å². The highest BCUT2D eigenvalue weighted by atomic mass is 16.5. The summed E-state index contributed by atoms with van der Waals surface area (Å²) in [5.74, 6) is 0.471. The lowest BCUT2D eigenvalue weighted by Crippen LogP contribution is -2.00. The van der Waals surface area contributed by atoms with E-state index in [2.05, 4.69) is 36.9 Å².